The van der Waals surface area contributed by atoms with Crippen LogP contribution in [0.5, 0.6) is 5.88 Å². The third-order valence-corrected chi connectivity index (χ3v) is 1.92. The third-order valence-electron chi connectivity index (χ3n) is 1.92. The highest BCUT2D eigenvalue weighted by atomic mass is 16.5. The van der Waals surface area contributed by atoms with Crippen molar-refractivity contribution in [3.05, 3.63) is 18.3 Å². The summed E-state index contributed by atoms with van der Waals surface area (Å²) in [6.07, 6.45) is 4.25. The van der Waals surface area contributed by atoms with E-state index < -0.39 is 0 Å². The molecule has 1 aliphatic carbocycles. The van der Waals surface area contributed by atoms with Gasteiger partial charge in [-0.3, -0.25) is 0 Å². The Morgan fingerprint density at radius 3 is 3.08 bits per heavy atom. The SMILES string of the molecule is [B]c1ccnc(OCC2CC2)c1. The lowest BCUT2D eigenvalue weighted by Gasteiger charge is -2.03. The first-order valence-corrected chi connectivity index (χ1v) is 4.19. The molecule has 1 fully saturated rings. The minimum absolute atomic E-state index is 0.641. The molecule has 60 valence electrons. The Kier molecular flexibility index (Phi) is 2.02. The predicted molar refractivity (Wildman–Crippen MR) is 47.8 cm³/mol. The van der Waals surface area contributed by atoms with Crippen LogP contribution in [-0.4, -0.2) is 19.4 Å². The van der Waals surface area contributed by atoms with Crippen molar-refractivity contribution in [1.82, 2.24) is 4.98 Å². The van der Waals surface area contributed by atoms with E-state index in [9.17, 15) is 0 Å². The van der Waals surface area contributed by atoms with Crippen LogP contribution in [0.15, 0.2) is 18.3 Å². The number of rotatable bonds is 3. The minimum atomic E-state index is 0.641. The average Bonchev–Trinajstić information content (AvgIpc) is 2.84. The quantitative estimate of drug-likeness (QED) is 0.604. The van der Waals surface area contributed by atoms with Crippen molar-refractivity contribution in [2.24, 2.45) is 5.92 Å². The molecular formula is C9H10BNO. The third kappa shape index (κ3) is 2.00. The topological polar surface area (TPSA) is 22.1 Å². The van der Waals surface area contributed by atoms with E-state index >= 15 is 0 Å². The maximum Gasteiger partial charge on any atom is 0.212 e. The maximum atomic E-state index is 5.56. The summed E-state index contributed by atoms with van der Waals surface area (Å²) >= 11 is 0. The Bertz CT molecular complexity index is 273. The molecule has 2 nitrogen and oxygen atoms in total. The van der Waals surface area contributed by atoms with E-state index in [-0.39, 0.29) is 0 Å². The van der Waals surface area contributed by atoms with E-state index in [0.29, 0.717) is 11.3 Å². The van der Waals surface area contributed by atoms with Gasteiger partial charge in [-0.1, -0.05) is 11.5 Å². The van der Waals surface area contributed by atoms with E-state index in [2.05, 4.69) is 4.98 Å². The van der Waals surface area contributed by atoms with Crippen LogP contribution in [0.3, 0.4) is 0 Å². The zero-order chi connectivity index (χ0) is 8.39. The van der Waals surface area contributed by atoms with Gasteiger partial charge in [-0.25, -0.2) is 4.98 Å². The van der Waals surface area contributed by atoms with Gasteiger partial charge in [0.25, 0.3) is 0 Å². The molecule has 1 aliphatic rings. The summed E-state index contributed by atoms with van der Waals surface area (Å²) in [4.78, 5) is 4.04. The van der Waals surface area contributed by atoms with Crippen LogP contribution in [0.25, 0.3) is 0 Å². The molecule has 12 heavy (non-hydrogen) atoms. The summed E-state index contributed by atoms with van der Waals surface area (Å²) in [5.41, 5.74) is 0.704. The molecule has 2 radical (unpaired) electrons. The molecule has 1 aromatic rings. The van der Waals surface area contributed by atoms with Crippen LogP contribution in [0.2, 0.25) is 0 Å². The fourth-order valence-electron chi connectivity index (χ4n) is 0.991. The minimum Gasteiger partial charge on any atom is -0.477 e. The van der Waals surface area contributed by atoms with Gasteiger partial charge >= 0.3 is 0 Å². The fourth-order valence-corrected chi connectivity index (χ4v) is 0.991. The summed E-state index contributed by atoms with van der Waals surface area (Å²) in [6.45, 7) is 0.788. The molecule has 0 atom stereocenters. The van der Waals surface area contributed by atoms with Gasteiger partial charge < -0.3 is 4.74 Å². The van der Waals surface area contributed by atoms with Crippen LogP contribution in [0.4, 0.5) is 0 Å². The molecule has 1 aromatic heterocycles. The number of hydrogen-bond acceptors (Lipinski definition) is 2. The molecule has 3 heteroatoms. The number of nitrogens with zero attached hydrogens (tertiary/aromatic N) is 1. The van der Waals surface area contributed by atoms with Gasteiger partial charge in [0.2, 0.25) is 5.88 Å². The van der Waals surface area contributed by atoms with Crippen molar-refractivity contribution in [3.63, 3.8) is 0 Å². The smallest absolute Gasteiger partial charge is 0.212 e. The summed E-state index contributed by atoms with van der Waals surface area (Å²) in [5, 5.41) is 0. The van der Waals surface area contributed by atoms with E-state index in [1.807, 2.05) is 0 Å². The van der Waals surface area contributed by atoms with Crippen LogP contribution in [0.1, 0.15) is 12.8 Å². The zero-order valence-electron chi connectivity index (χ0n) is 6.86. The van der Waals surface area contributed by atoms with E-state index in [4.69, 9.17) is 12.6 Å². The Balaban J connectivity index is 1.92. The Hall–Kier alpha value is -0.985. The molecule has 0 unspecified atom stereocenters. The normalized spacial score (nSPS) is 16.0. The first-order chi connectivity index (χ1) is 5.84. The summed E-state index contributed by atoms with van der Waals surface area (Å²) in [7, 11) is 5.56. The Morgan fingerprint density at radius 1 is 1.58 bits per heavy atom. The summed E-state index contributed by atoms with van der Waals surface area (Å²) in [5.74, 6) is 1.40. The first kappa shape index (κ1) is 7.65. The molecule has 1 heterocycles. The number of ether oxygens (including phenoxy) is 1. The second kappa shape index (κ2) is 3.17. The summed E-state index contributed by atoms with van der Waals surface area (Å²) in [6, 6.07) is 3.51. The van der Waals surface area contributed by atoms with E-state index in [1.54, 1.807) is 18.3 Å². The average molecular weight is 159 g/mol. The molecule has 0 amide bonds. The molecule has 0 N–H and O–H groups in total. The maximum absolute atomic E-state index is 5.56. The Morgan fingerprint density at radius 2 is 2.42 bits per heavy atom. The van der Waals surface area contributed by atoms with Crippen LogP contribution >= 0.6 is 0 Å². The van der Waals surface area contributed by atoms with Crippen molar-refractivity contribution < 1.29 is 4.74 Å². The van der Waals surface area contributed by atoms with Gasteiger partial charge in [-0.2, -0.15) is 0 Å². The van der Waals surface area contributed by atoms with Gasteiger partial charge in [0.1, 0.15) is 7.85 Å². The Labute approximate surface area is 73.4 Å². The van der Waals surface area contributed by atoms with Gasteiger partial charge in [-0.15, -0.1) is 0 Å². The lowest BCUT2D eigenvalue weighted by atomic mass is 9.98. The molecule has 0 saturated heterocycles. The van der Waals surface area contributed by atoms with Gasteiger partial charge in [0.15, 0.2) is 0 Å². The molecule has 1 saturated carbocycles. The standard InChI is InChI=1S/C9H10BNO/c10-8-3-4-11-9(5-8)12-6-7-1-2-7/h3-5,7H,1-2,6H2. The van der Waals surface area contributed by atoms with E-state index in [0.717, 1.165) is 12.5 Å². The molecule has 2 rings (SSSR count). The van der Waals surface area contributed by atoms with Crippen molar-refractivity contribution in [3.8, 4) is 5.88 Å². The van der Waals surface area contributed by atoms with Gasteiger partial charge in [0, 0.05) is 6.20 Å². The molecule has 0 spiro atoms. The second-order valence-corrected chi connectivity index (χ2v) is 3.18. The first-order valence-electron chi connectivity index (χ1n) is 4.19. The molecular weight excluding hydrogens is 149 g/mol. The highest BCUT2D eigenvalue weighted by Gasteiger charge is 2.21. The molecule has 0 bridgehead atoms. The monoisotopic (exact) mass is 159 g/mol. The predicted octanol–water partition coefficient (Wildman–Crippen LogP) is 0.664. The number of aromatic nitrogens is 1. The van der Waals surface area contributed by atoms with Crippen molar-refractivity contribution >= 4 is 13.3 Å². The highest BCUT2D eigenvalue weighted by Crippen LogP contribution is 2.28. The van der Waals surface area contributed by atoms with Crippen molar-refractivity contribution in [1.29, 1.82) is 0 Å². The molecule has 0 aromatic carbocycles. The second-order valence-electron chi connectivity index (χ2n) is 3.18. The zero-order valence-corrected chi connectivity index (χ0v) is 6.86. The molecule has 0 aliphatic heterocycles. The van der Waals surface area contributed by atoms with E-state index in [1.165, 1.54) is 12.8 Å². The number of pyridine rings is 1. The van der Waals surface area contributed by atoms with Crippen molar-refractivity contribution in [2.45, 2.75) is 12.8 Å². The number of hydrogen-bond donors (Lipinski definition) is 0. The van der Waals surface area contributed by atoms with Gasteiger partial charge in [0.05, 0.1) is 6.61 Å². The highest BCUT2D eigenvalue weighted by molar-refractivity contribution is 6.32. The van der Waals surface area contributed by atoms with Crippen LogP contribution in [-0.2, 0) is 0 Å². The van der Waals surface area contributed by atoms with Crippen LogP contribution in [0, 0.1) is 5.92 Å². The van der Waals surface area contributed by atoms with Gasteiger partial charge in [-0.05, 0) is 24.8 Å². The summed E-state index contributed by atoms with van der Waals surface area (Å²) < 4.78 is 5.42. The lowest BCUT2D eigenvalue weighted by Crippen LogP contribution is -2.06. The fraction of sp³-hybridized carbons (Fsp3) is 0.444. The lowest BCUT2D eigenvalue weighted by molar-refractivity contribution is 0.289. The van der Waals surface area contributed by atoms with Crippen LogP contribution < -0.4 is 10.2 Å². The van der Waals surface area contributed by atoms with Crippen molar-refractivity contribution in [2.75, 3.05) is 6.61 Å². The largest absolute Gasteiger partial charge is 0.477 e.